The molecule has 0 saturated heterocycles. The van der Waals surface area contributed by atoms with Crippen molar-refractivity contribution in [2.75, 3.05) is 25.5 Å². The zero-order valence-corrected chi connectivity index (χ0v) is 14.3. The van der Waals surface area contributed by atoms with Crippen molar-refractivity contribution in [1.29, 1.82) is 0 Å². The Labute approximate surface area is 138 Å². The van der Waals surface area contributed by atoms with Crippen molar-refractivity contribution in [3.63, 3.8) is 0 Å². The first-order valence-electron chi connectivity index (χ1n) is 8.43. The maximum Gasteiger partial charge on any atom is 0.133 e. The van der Waals surface area contributed by atoms with E-state index in [0.717, 1.165) is 50.5 Å². The summed E-state index contributed by atoms with van der Waals surface area (Å²) in [5.41, 5.74) is 2.51. The number of nitrogens with zero attached hydrogens (tertiary/aromatic N) is 5. The van der Waals surface area contributed by atoms with Gasteiger partial charge in [-0.05, 0) is 26.8 Å². The van der Waals surface area contributed by atoms with Crippen LogP contribution >= 0.6 is 0 Å². The van der Waals surface area contributed by atoms with E-state index in [1.54, 1.807) is 0 Å². The lowest BCUT2D eigenvalue weighted by Crippen LogP contribution is -2.26. The molecule has 0 radical (unpaired) electrons. The fourth-order valence-electron chi connectivity index (χ4n) is 3.07. The van der Waals surface area contributed by atoms with Gasteiger partial charge in [-0.2, -0.15) is 0 Å². The molecule has 0 aliphatic carbocycles. The minimum absolute atomic E-state index is 0.337. The summed E-state index contributed by atoms with van der Waals surface area (Å²) in [5, 5.41) is 3.66. The molecule has 1 N–H and O–H groups in total. The van der Waals surface area contributed by atoms with Crippen LogP contribution in [0.15, 0.2) is 18.7 Å². The van der Waals surface area contributed by atoms with Gasteiger partial charge in [-0.3, -0.25) is 0 Å². The zero-order chi connectivity index (χ0) is 16.2. The molecular formula is C17H26N6. The van der Waals surface area contributed by atoms with Crippen LogP contribution in [0.4, 0.5) is 5.82 Å². The predicted molar refractivity (Wildman–Crippen MR) is 91.6 cm³/mol. The van der Waals surface area contributed by atoms with Gasteiger partial charge in [0.1, 0.15) is 11.6 Å². The normalized spacial score (nSPS) is 16.7. The second kappa shape index (κ2) is 7.08. The first-order valence-corrected chi connectivity index (χ1v) is 8.43. The Balaban J connectivity index is 1.82. The third-order valence-electron chi connectivity index (χ3n) is 4.50. The number of hydrogen-bond acceptors (Lipinski definition) is 5. The Morgan fingerprint density at radius 1 is 1.26 bits per heavy atom. The Morgan fingerprint density at radius 3 is 2.83 bits per heavy atom. The van der Waals surface area contributed by atoms with Gasteiger partial charge in [0.2, 0.25) is 0 Å². The maximum atomic E-state index is 4.70. The topological polar surface area (TPSA) is 58.9 Å². The first kappa shape index (κ1) is 15.9. The molecule has 0 fully saturated rings. The van der Waals surface area contributed by atoms with E-state index in [4.69, 9.17) is 4.98 Å². The largest absolute Gasteiger partial charge is 0.365 e. The standard InChI is InChI=1S/C17H26N6/c1-4-14(11-23-10-7-18-12-23)21-17-15-5-8-22(3)9-6-16(15)19-13(2)20-17/h7,10,12,14H,4-6,8-9,11H2,1-3H3,(H,19,20,21). The van der Waals surface area contributed by atoms with Crippen LogP contribution in [0.1, 0.15) is 30.4 Å². The van der Waals surface area contributed by atoms with Gasteiger partial charge in [0.15, 0.2) is 0 Å². The van der Waals surface area contributed by atoms with Gasteiger partial charge >= 0.3 is 0 Å². The Kier molecular flexibility index (Phi) is 4.91. The molecule has 1 atom stereocenters. The minimum atomic E-state index is 0.337. The number of rotatable bonds is 5. The summed E-state index contributed by atoms with van der Waals surface area (Å²) >= 11 is 0. The quantitative estimate of drug-likeness (QED) is 0.913. The van der Waals surface area contributed by atoms with E-state index >= 15 is 0 Å². The molecule has 0 bridgehead atoms. The molecule has 23 heavy (non-hydrogen) atoms. The van der Waals surface area contributed by atoms with Crippen LogP contribution in [-0.4, -0.2) is 50.6 Å². The molecule has 124 valence electrons. The van der Waals surface area contributed by atoms with Crippen molar-refractivity contribution in [3.8, 4) is 0 Å². The van der Waals surface area contributed by atoms with Crippen molar-refractivity contribution in [1.82, 2.24) is 24.4 Å². The van der Waals surface area contributed by atoms with Crippen LogP contribution in [0.25, 0.3) is 0 Å². The molecule has 0 amide bonds. The lowest BCUT2D eigenvalue weighted by atomic mass is 10.1. The van der Waals surface area contributed by atoms with E-state index in [-0.39, 0.29) is 0 Å². The van der Waals surface area contributed by atoms with Gasteiger partial charge in [0, 0.05) is 50.1 Å². The third-order valence-corrected chi connectivity index (χ3v) is 4.50. The fourth-order valence-corrected chi connectivity index (χ4v) is 3.07. The van der Waals surface area contributed by atoms with Crippen molar-refractivity contribution in [2.45, 2.75) is 45.7 Å². The third kappa shape index (κ3) is 3.88. The highest BCUT2D eigenvalue weighted by molar-refractivity contribution is 5.48. The number of anilines is 1. The molecule has 0 spiro atoms. The molecule has 2 aromatic rings. The van der Waals surface area contributed by atoms with Crippen molar-refractivity contribution in [3.05, 3.63) is 35.8 Å². The molecule has 3 heterocycles. The summed E-state index contributed by atoms with van der Waals surface area (Å²) in [7, 11) is 2.17. The number of aromatic nitrogens is 4. The molecule has 2 aromatic heterocycles. The highest BCUT2D eigenvalue weighted by Crippen LogP contribution is 2.22. The molecule has 1 aliphatic heterocycles. The summed E-state index contributed by atoms with van der Waals surface area (Å²) < 4.78 is 2.11. The molecule has 0 aromatic carbocycles. The van der Waals surface area contributed by atoms with Crippen LogP contribution in [0.3, 0.4) is 0 Å². The number of hydrogen-bond donors (Lipinski definition) is 1. The monoisotopic (exact) mass is 314 g/mol. The zero-order valence-electron chi connectivity index (χ0n) is 14.3. The van der Waals surface area contributed by atoms with E-state index in [2.05, 4.69) is 38.7 Å². The fraction of sp³-hybridized carbons (Fsp3) is 0.588. The van der Waals surface area contributed by atoms with Crippen LogP contribution in [0.5, 0.6) is 0 Å². The Morgan fingerprint density at radius 2 is 2.09 bits per heavy atom. The number of imidazole rings is 1. The highest BCUT2D eigenvalue weighted by atomic mass is 15.1. The summed E-state index contributed by atoms with van der Waals surface area (Å²) in [4.78, 5) is 15.9. The Hall–Kier alpha value is -1.95. The van der Waals surface area contributed by atoms with Gasteiger partial charge in [0.05, 0.1) is 12.0 Å². The average molecular weight is 314 g/mol. The van der Waals surface area contributed by atoms with Gasteiger partial charge in [-0.15, -0.1) is 0 Å². The van der Waals surface area contributed by atoms with Crippen LogP contribution < -0.4 is 5.32 Å². The van der Waals surface area contributed by atoms with E-state index in [1.807, 2.05) is 25.6 Å². The number of aryl methyl sites for hydroxylation is 1. The van der Waals surface area contributed by atoms with Gasteiger partial charge in [-0.25, -0.2) is 15.0 Å². The molecule has 1 aliphatic rings. The Bertz CT molecular complexity index is 637. The van der Waals surface area contributed by atoms with Gasteiger partial charge in [-0.1, -0.05) is 6.92 Å². The van der Waals surface area contributed by atoms with Crippen molar-refractivity contribution >= 4 is 5.82 Å². The first-order chi connectivity index (χ1) is 11.2. The molecule has 1 unspecified atom stereocenters. The van der Waals surface area contributed by atoms with Crippen molar-refractivity contribution < 1.29 is 0 Å². The SMILES string of the molecule is CCC(Cn1ccnc1)Nc1nc(C)nc2c1CCN(C)CC2. The maximum absolute atomic E-state index is 4.70. The molecule has 0 saturated carbocycles. The predicted octanol–water partition coefficient (Wildman–Crippen LogP) is 1.90. The molecule has 3 rings (SSSR count). The van der Waals surface area contributed by atoms with E-state index in [0.29, 0.717) is 6.04 Å². The second-order valence-corrected chi connectivity index (χ2v) is 6.36. The summed E-state index contributed by atoms with van der Waals surface area (Å²) in [6, 6.07) is 0.337. The van der Waals surface area contributed by atoms with Crippen LogP contribution in [-0.2, 0) is 19.4 Å². The highest BCUT2D eigenvalue weighted by Gasteiger charge is 2.19. The van der Waals surface area contributed by atoms with E-state index in [9.17, 15) is 0 Å². The van der Waals surface area contributed by atoms with E-state index < -0.39 is 0 Å². The number of nitrogens with one attached hydrogen (secondary N) is 1. The van der Waals surface area contributed by atoms with E-state index in [1.165, 1.54) is 11.3 Å². The van der Waals surface area contributed by atoms with Crippen LogP contribution in [0.2, 0.25) is 0 Å². The smallest absolute Gasteiger partial charge is 0.133 e. The molecule has 6 heteroatoms. The lowest BCUT2D eigenvalue weighted by Gasteiger charge is -2.21. The lowest BCUT2D eigenvalue weighted by molar-refractivity contribution is 0.352. The second-order valence-electron chi connectivity index (χ2n) is 6.36. The molecular weight excluding hydrogens is 288 g/mol. The van der Waals surface area contributed by atoms with Crippen LogP contribution in [0, 0.1) is 6.92 Å². The average Bonchev–Trinajstić information content (AvgIpc) is 2.96. The summed E-state index contributed by atoms with van der Waals surface area (Å²) in [6.45, 7) is 7.21. The van der Waals surface area contributed by atoms with Gasteiger partial charge in [0.25, 0.3) is 0 Å². The summed E-state index contributed by atoms with van der Waals surface area (Å²) in [5.74, 6) is 1.88. The number of likely N-dealkylation sites (N-methyl/N-ethyl adjacent to an activating group) is 1. The number of fused-ring (bicyclic) bond motifs is 1. The summed E-state index contributed by atoms with van der Waals surface area (Å²) in [6.07, 6.45) is 8.74. The van der Waals surface area contributed by atoms with Crippen molar-refractivity contribution in [2.24, 2.45) is 0 Å². The molecule has 6 nitrogen and oxygen atoms in total. The minimum Gasteiger partial charge on any atom is -0.365 e. The van der Waals surface area contributed by atoms with Gasteiger partial charge < -0.3 is 14.8 Å².